The Morgan fingerprint density at radius 2 is 2.00 bits per heavy atom. The molecule has 1 saturated heterocycles. The Balaban J connectivity index is 1.74. The molecule has 0 amide bonds. The van der Waals surface area contributed by atoms with Gasteiger partial charge in [0.2, 0.25) is 0 Å². The van der Waals surface area contributed by atoms with E-state index in [9.17, 15) is 15.2 Å². The number of aliphatic hydroxyl groups excluding tert-OH is 1. The van der Waals surface area contributed by atoms with Crippen LogP contribution in [0.15, 0.2) is 24.3 Å². The van der Waals surface area contributed by atoms with E-state index in [0.717, 1.165) is 13.1 Å². The number of hydrogen-bond acceptors (Lipinski definition) is 6. The zero-order valence-corrected chi connectivity index (χ0v) is 11.1. The lowest BCUT2D eigenvalue weighted by Crippen LogP contribution is -2.42. The maximum absolute atomic E-state index is 10.5. The predicted octanol–water partition coefficient (Wildman–Crippen LogP) is 0.667. The summed E-state index contributed by atoms with van der Waals surface area (Å²) in [4.78, 5) is 12.2. The monoisotopic (exact) mass is 282 g/mol. The Bertz CT molecular complexity index is 431. The zero-order valence-electron chi connectivity index (χ0n) is 11.1. The molecule has 7 heteroatoms. The fourth-order valence-electron chi connectivity index (χ4n) is 1.99. The average Bonchev–Trinajstić information content (AvgIpc) is 2.46. The number of hydrogen-bond donors (Lipinski definition) is 1. The topological polar surface area (TPSA) is 85.1 Å². The second kappa shape index (κ2) is 7.18. The standard InChI is InChI=1S/C13H18N2O5/c16-12(9-14-5-7-19-8-6-14)10-20-13-3-1-11(2-4-13)15(17)18/h1-4,12,16H,5-10H2/t12-/m0/s1. The molecular formula is C13H18N2O5. The molecule has 110 valence electrons. The first-order valence-electron chi connectivity index (χ1n) is 6.50. The van der Waals surface area contributed by atoms with Crippen LogP contribution in [0.25, 0.3) is 0 Å². The van der Waals surface area contributed by atoms with Crippen LogP contribution in [0.3, 0.4) is 0 Å². The summed E-state index contributed by atoms with van der Waals surface area (Å²) in [6, 6.07) is 5.81. The van der Waals surface area contributed by atoms with E-state index in [2.05, 4.69) is 4.90 Å². The van der Waals surface area contributed by atoms with Gasteiger partial charge in [0.15, 0.2) is 0 Å². The number of non-ortho nitro benzene ring substituents is 1. The van der Waals surface area contributed by atoms with Crippen molar-refractivity contribution in [2.75, 3.05) is 39.5 Å². The van der Waals surface area contributed by atoms with Gasteiger partial charge >= 0.3 is 0 Å². The van der Waals surface area contributed by atoms with Crippen LogP contribution < -0.4 is 4.74 Å². The Labute approximate surface area is 116 Å². The fraction of sp³-hybridized carbons (Fsp3) is 0.538. The third-order valence-electron chi connectivity index (χ3n) is 3.06. The maximum atomic E-state index is 10.5. The summed E-state index contributed by atoms with van der Waals surface area (Å²) in [7, 11) is 0. The minimum Gasteiger partial charge on any atom is -0.491 e. The lowest BCUT2D eigenvalue weighted by atomic mass is 10.3. The molecule has 1 fully saturated rings. The number of nitro benzene ring substituents is 1. The SMILES string of the molecule is O=[N+]([O-])c1ccc(OC[C@@H](O)CN2CCOCC2)cc1. The van der Waals surface area contributed by atoms with Crippen LogP contribution >= 0.6 is 0 Å². The molecule has 1 aromatic carbocycles. The molecule has 0 aromatic heterocycles. The van der Waals surface area contributed by atoms with E-state index in [4.69, 9.17) is 9.47 Å². The van der Waals surface area contributed by atoms with Crippen LogP contribution in [0.1, 0.15) is 0 Å². The van der Waals surface area contributed by atoms with E-state index >= 15 is 0 Å². The van der Waals surface area contributed by atoms with E-state index in [1.165, 1.54) is 24.3 Å². The third-order valence-corrected chi connectivity index (χ3v) is 3.06. The van der Waals surface area contributed by atoms with E-state index in [1.54, 1.807) is 0 Å². The molecular weight excluding hydrogens is 264 g/mol. The van der Waals surface area contributed by atoms with Gasteiger partial charge < -0.3 is 14.6 Å². The number of nitrogens with zero attached hydrogens (tertiary/aromatic N) is 2. The number of aliphatic hydroxyl groups is 1. The first-order valence-corrected chi connectivity index (χ1v) is 6.50. The van der Waals surface area contributed by atoms with Crippen molar-refractivity contribution in [3.8, 4) is 5.75 Å². The molecule has 1 N–H and O–H groups in total. The highest BCUT2D eigenvalue weighted by Gasteiger charge is 2.15. The smallest absolute Gasteiger partial charge is 0.269 e. The van der Waals surface area contributed by atoms with Crippen molar-refractivity contribution in [2.24, 2.45) is 0 Å². The molecule has 0 aliphatic carbocycles. The van der Waals surface area contributed by atoms with Crippen molar-refractivity contribution in [3.63, 3.8) is 0 Å². The maximum Gasteiger partial charge on any atom is 0.269 e. The van der Waals surface area contributed by atoms with Gasteiger partial charge in [-0.3, -0.25) is 15.0 Å². The lowest BCUT2D eigenvalue weighted by molar-refractivity contribution is -0.384. The molecule has 0 unspecified atom stereocenters. The molecule has 7 nitrogen and oxygen atoms in total. The summed E-state index contributed by atoms with van der Waals surface area (Å²) in [5.74, 6) is 0.511. The van der Waals surface area contributed by atoms with Crippen LogP contribution in [0.2, 0.25) is 0 Å². The normalized spacial score (nSPS) is 17.6. The van der Waals surface area contributed by atoms with E-state index in [1.807, 2.05) is 0 Å². The molecule has 0 spiro atoms. The highest BCUT2D eigenvalue weighted by Crippen LogP contribution is 2.17. The van der Waals surface area contributed by atoms with Crippen LogP contribution in [0, 0.1) is 10.1 Å². The molecule has 0 saturated carbocycles. The van der Waals surface area contributed by atoms with Gasteiger partial charge in [-0.05, 0) is 12.1 Å². The number of β-amino-alcohol motifs (C(OH)–C–C–N with tert-alkyl or cyclic N) is 1. The van der Waals surface area contributed by atoms with Gasteiger partial charge in [0.1, 0.15) is 18.5 Å². The number of morpholine rings is 1. The Morgan fingerprint density at radius 1 is 1.35 bits per heavy atom. The predicted molar refractivity (Wildman–Crippen MR) is 71.9 cm³/mol. The van der Waals surface area contributed by atoms with Crippen LogP contribution in [0.5, 0.6) is 5.75 Å². The summed E-state index contributed by atoms with van der Waals surface area (Å²) in [5.41, 5.74) is 0.0196. The Morgan fingerprint density at radius 3 is 2.60 bits per heavy atom. The molecule has 1 aromatic rings. The molecule has 1 aliphatic rings. The highest BCUT2D eigenvalue weighted by atomic mass is 16.6. The summed E-state index contributed by atoms with van der Waals surface area (Å²) >= 11 is 0. The van der Waals surface area contributed by atoms with Crippen molar-refractivity contribution < 1.29 is 19.5 Å². The molecule has 20 heavy (non-hydrogen) atoms. The van der Waals surface area contributed by atoms with Crippen molar-refractivity contribution in [2.45, 2.75) is 6.10 Å². The number of rotatable bonds is 6. The molecule has 1 atom stereocenters. The zero-order chi connectivity index (χ0) is 14.4. The summed E-state index contributed by atoms with van der Waals surface area (Å²) < 4.78 is 10.6. The van der Waals surface area contributed by atoms with Crippen molar-refractivity contribution >= 4 is 5.69 Å². The molecule has 1 heterocycles. The molecule has 0 bridgehead atoms. The van der Waals surface area contributed by atoms with Crippen molar-refractivity contribution in [3.05, 3.63) is 34.4 Å². The van der Waals surface area contributed by atoms with Crippen LogP contribution in [-0.2, 0) is 4.74 Å². The molecule has 1 aliphatic heterocycles. The third kappa shape index (κ3) is 4.44. The molecule has 0 radical (unpaired) electrons. The van der Waals surface area contributed by atoms with E-state index < -0.39 is 11.0 Å². The van der Waals surface area contributed by atoms with Gasteiger partial charge in [-0.15, -0.1) is 0 Å². The number of ether oxygens (including phenoxy) is 2. The summed E-state index contributed by atoms with van der Waals surface area (Å²) in [6.07, 6.45) is -0.594. The van der Waals surface area contributed by atoms with E-state index in [0.29, 0.717) is 25.5 Å². The van der Waals surface area contributed by atoms with Gasteiger partial charge in [0, 0.05) is 31.8 Å². The van der Waals surface area contributed by atoms with Crippen molar-refractivity contribution in [1.82, 2.24) is 4.90 Å². The highest BCUT2D eigenvalue weighted by molar-refractivity contribution is 5.35. The minimum atomic E-state index is -0.594. The number of nitro groups is 1. The van der Waals surface area contributed by atoms with Gasteiger partial charge in [0.05, 0.1) is 18.1 Å². The van der Waals surface area contributed by atoms with Gasteiger partial charge in [-0.25, -0.2) is 0 Å². The largest absolute Gasteiger partial charge is 0.491 e. The minimum absolute atomic E-state index is 0.0196. The second-order valence-electron chi connectivity index (χ2n) is 4.63. The first kappa shape index (κ1) is 14.7. The molecule has 2 rings (SSSR count). The van der Waals surface area contributed by atoms with E-state index in [-0.39, 0.29) is 12.3 Å². The van der Waals surface area contributed by atoms with Gasteiger partial charge in [0.25, 0.3) is 5.69 Å². The summed E-state index contributed by atoms with van der Waals surface area (Å²) in [6.45, 7) is 3.71. The number of benzene rings is 1. The Kier molecular flexibility index (Phi) is 5.28. The quantitative estimate of drug-likeness (QED) is 0.609. The van der Waals surface area contributed by atoms with Gasteiger partial charge in [-0.1, -0.05) is 0 Å². The average molecular weight is 282 g/mol. The lowest BCUT2D eigenvalue weighted by Gasteiger charge is -2.28. The van der Waals surface area contributed by atoms with Crippen LogP contribution in [0.4, 0.5) is 5.69 Å². The van der Waals surface area contributed by atoms with Gasteiger partial charge in [-0.2, -0.15) is 0 Å². The van der Waals surface area contributed by atoms with Crippen molar-refractivity contribution in [1.29, 1.82) is 0 Å². The first-order chi connectivity index (χ1) is 9.65. The second-order valence-corrected chi connectivity index (χ2v) is 4.63. The van der Waals surface area contributed by atoms with Crippen LogP contribution in [-0.4, -0.2) is 60.5 Å². The summed E-state index contributed by atoms with van der Waals surface area (Å²) in [5, 5.41) is 20.4. The fourth-order valence-corrected chi connectivity index (χ4v) is 1.99. The Hall–Kier alpha value is -1.70.